The van der Waals surface area contributed by atoms with Gasteiger partial charge in [0.05, 0.1) is 10.2 Å². The third-order valence-electron chi connectivity index (χ3n) is 3.63. The first-order valence-corrected chi connectivity index (χ1v) is 8.52. The van der Waals surface area contributed by atoms with Crippen molar-refractivity contribution in [1.82, 2.24) is 4.98 Å². The number of amides is 1. The van der Waals surface area contributed by atoms with Crippen LogP contribution in [0.5, 0.6) is 5.75 Å². The quantitative estimate of drug-likeness (QED) is 0.604. The van der Waals surface area contributed by atoms with E-state index in [0.717, 1.165) is 32.3 Å². The van der Waals surface area contributed by atoms with E-state index < -0.39 is 0 Å². The van der Waals surface area contributed by atoms with Crippen LogP contribution >= 0.6 is 11.3 Å². The Balaban J connectivity index is 1.83. The second-order valence-electron chi connectivity index (χ2n) is 5.97. The SMILES string of the molecule is Cc1cc(Nc2nc3ccc(NC(=O)C(C)C)cc3s2)ccc1O. The molecule has 3 rings (SSSR count). The van der Waals surface area contributed by atoms with Gasteiger partial charge in [0, 0.05) is 17.3 Å². The van der Waals surface area contributed by atoms with Crippen molar-refractivity contribution in [3.05, 3.63) is 42.0 Å². The highest BCUT2D eigenvalue weighted by molar-refractivity contribution is 7.22. The van der Waals surface area contributed by atoms with Gasteiger partial charge in [0.15, 0.2) is 5.13 Å². The van der Waals surface area contributed by atoms with Crippen LogP contribution in [0.3, 0.4) is 0 Å². The van der Waals surface area contributed by atoms with Crippen molar-refractivity contribution >= 4 is 44.0 Å². The summed E-state index contributed by atoms with van der Waals surface area (Å²) >= 11 is 1.52. The Bertz CT molecular complexity index is 902. The van der Waals surface area contributed by atoms with Crippen LogP contribution in [0.4, 0.5) is 16.5 Å². The highest BCUT2D eigenvalue weighted by Crippen LogP contribution is 2.31. The number of anilines is 3. The third kappa shape index (κ3) is 3.49. The lowest BCUT2D eigenvalue weighted by Crippen LogP contribution is -2.17. The van der Waals surface area contributed by atoms with Crippen LogP contribution in [0.15, 0.2) is 36.4 Å². The molecule has 3 aromatic rings. The third-order valence-corrected chi connectivity index (χ3v) is 4.56. The molecule has 124 valence electrons. The predicted molar refractivity (Wildman–Crippen MR) is 99.2 cm³/mol. The zero-order valence-electron chi connectivity index (χ0n) is 13.8. The van der Waals surface area contributed by atoms with Crippen LogP contribution in [0.25, 0.3) is 10.2 Å². The standard InChI is InChI=1S/C18H19N3O2S/c1-10(2)17(23)19-13-4-6-14-16(9-13)24-18(21-14)20-12-5-7-15(22)11(3)8-12/h4-10,22H,1-3H3,(H,19,23)(H,20,21). The number of thiazole rings is 1. The van der Waals surface area contributed by atoms with Crippen molar-refractivity contribution in [1.29, 1.82) is 0 Å². The molecule has 0 bridgehead atoms. The summed E-state index contributed by atoms with van der Waals surface area (Å²) in [4.78, 5) is 16.3. The summed E-state index contributed by atoms with van der Waals surface area (Å²) in [7, 11) is 0. The maximum Gasteiger partial charge on any atom is 0.226 e. The lowest BCUT2D eigenvalue weighted by molar-refractivity contribution is -0.118. The van der Waals surface area contributed by atoms with Crippen molar-refractivity contribution in [2.24, 2.45) is 5.92 Å². The number of phenolic OH excluding ortho intramolecular Hbond substituents is 1. The van der Waals surface area contributed by atoms with E-state index in [-0.39, 0.29) is 17.6 Å². The number of aromatic hydroxyl groups is 1. The number of hydrogen-bond donors (Lipinski definition) is 3. The molecule has 0 aliphatic carbocycles. The van der Waals surface area contributed by atoms with Crippen LogP contribution < -0.4 is 10.6 Å². The number of nitrogens with one attached hydrogen (secondary N) is 2. The zero-order chi connectivity index (χ0) is 17.3. The van der Waals surface area contributed by atoms with Gasteiger partial charge in [0.1, 0.15) is 5.75 Å². The molecule has 0 aliphatic heterocycles. The van der Waals surface area contributed by atoms with Crippen LogP contribution in [-0.4, -0.2) is 16.0 Å². The zero-order valence-corrected chi connectivity index (χ0v) is 14.6. The van der Waals surface area contributed by atoms with Crippen LogP contribution in [0.2, 0.25) is 0 Å². The Labute approximate surface area is 144 Å². The first kappa shape index (κ1) is 16.3. The fourth-order valence-corrected chi connectivity index (χ4v) is 3.12. The van der Waals surface area contributed by atoms with Gasteiger partial charge in [0.25, 0.3) is 0 Å². The number of phenols is 1. The second-order valence-corrected chi connectivity index (χ2v) is 7.00. The first-order chi connectivity index (χ1) is 11.4. The molecule has 6 heteroatoms. The highest BCUT2D eigenvalue weighted by Gasteiger charge is 2.10. The van der Waals surface area contributed by atoms with Gasteiger partial charge in [0.2, 0.25) is 5.91 Å². The summed E-state index contributed by atoms with van der Waals surface area (Å²) in [5.41, 5.74) is 3.33. The van der Waals surface area contributed by atoms with Crippen LogP contribution in [0, 0.1) is 12.8 Å². The van der Waals surface area contributed by atoms with Gasteiger partial charge in [-0.05, 0) is 48.9 Å². The minimum absolute atomic E-state index is 0.00298. The molecule has 0 spiro atoms. The van der Waals surface area contributed by atoms with E-state index in [1.54, 1.807) is 6.07 Å². The van der Waals surface area contributed by atoms with Crippen molar-refractivity contribution in [3.63, 3.8) is 0 Å². The van der Waals surface area contributed by atoms with Gasteiger partial charge in [-0.3, -0.25) is 4.79 Å². The average Bonchev–Trinajstić information content (AvgIpc) is 2.92. The molecule has 0 saturated carbocycles. The number of rotatable bonds is 4. The van der Waals surface area contributed by atoms with E-state index in [4.69, 9.17) is 0 Å². The summed E-state index contributed by atoms with van der Waals surface area (Å²) in [5, 5.41) is 16.5. The van der Waals surface area contributed by atoms with Crippen molar-refractivity contribution in [2.75, 3.05) is 10.6 Å². The molecule has 1 amide bonds. The van der Waals surface area contributed by atoms with Crippen LogP contribution in [-0.2, 0) is 4.79 Å². The summed E-state index contributed by atoms with van der Waals surface area (Å²) in [6, 6.07) is 11.0. The number of fused-ring (bicyclic) bond motifs is 1. The molecule has 0 saturated heterocycles. The second kappa shape index (κ2) is 6.49. The van der Waals surface area contributed by atoms with Crippen molar-refractivity contribution in [3.8, 4) is 5.75 Å². The molecule has 0 aliphatic rings. The number of aromatic nitrogens is 1. The number of nitrogens with zero attached hydrogens (tertiary/aromatic N) is 1. The van der Waals surface area contributed by atoms with E-state index >= 15 is 0 Å². The fraction of sp³-hybridized carbons (Fsp3) is 0.222. The number of benzene rings is 2. The topological polar surface area (TPSA) is 74.2 Å². The van der Waals surface area contributed by atoms with E-state index in [1.807, 2.05) is 51.1 Å². The van der Waals surface area contributed by atoms with E-state index in [9.17, 15) is 9.90 Å². The number of carbonyl (C=O) groups is 1. The molecule has 0 fully saturated rings. The van der Waals surface area contributed by atoms with E-state index in [0.29, 0.717) is 0 Å². The van der Waals surface area contributed by atoms with Gasteiger partial charge in [-0.2, -0.15) is 0 Å². The normalized spacial score (nSPS) is 11.0. The van der Waals surface area contributed by atoms with Gasteiger partial charge in [-0.1, -0.05) is 25.2 Å². The van der Waals surface area contributed by atoms with Crippen LogP contribution in [0.1, 0.15) is 19.4 Å². The lowest BCUT2D eigenvalue weighted by atomic mass is 10.2. The fourth-order valence-electron chi connectivity index (χ4n) is 2.20. The molecule has 24 heavy (non-hydrogen) atoms. The van der Waals surface area contributed by atoms with E-state index in [1.165, 1.54) is 11.3 Å². The summed E-state index contributed by atoms with van der Waals surface area (Å²) in [6.07, 6.45) is 0. The summed E-state index contributed by atoms with van der Waals surface area (Å²) in [5.74, 6) is 0.212. The Morgan fingerprint density at radius 2 is 1.92 bits per heavy atom. The molecule has 0 radical (unpaired) electrons. The Morgan fingerprint density at radius 1 is 1.17 bits per heavy atom. The monoisotopic (exact) mass is 341 g/mol. The molecule has 0 atom stereocenters. The smallest absolute Gasteiger partial charge is 0.226 e. The van der Waals surface area contributed by atoms with Gasteiger partial charge >= 0.3 is 0 Å². The van der Waals surface area contributed by atoms with E-state index in [2.05, 4.69) is 15.6 Å². The minimum atomic E-state index is -0.0582. The van der Waals surface area contributed by atoms with Gasteiger partial charge in [-0.15, -0.1) is 0 Å². The molecule has 3 N–H and O–H groups in total. The average molecular weight is 341 g/mol. The summed E-state index contributed by atoms with van der Waals surface area (Å²) in [6.45, 7) is 5.58. The lowest BCUT2D eigenvalue weighted by Gasteiger charge is -2.06. The summed E-state index contributed by atoms with van der Waals surface area (Å²) < 4.78 is 0.995. The Morgan fingerprint density at radius 3 is 2.62 bits per heavy atom. The Hall–Kier alpha value is -2.60. The first-order valence-electron chi connectivity index (χ1n) is 7.70. The van der Waals surface area contributed by atoms with Crippen molar-refractivity contribution < 1.29 is 9.90 Å². The van der Waals surface area contributed by atoms with Gasteiger partial charge in [-0.25, -0.2) is 4.98 Å². The largest absolute Gasteiger partial charge is 0.508 e. The van der Waals surface area contributed by atoms with Crippen molar-refractivity contribution in [2.45, 2.75) is 20.8 Å². The molecular formula is C18H19N3O2S. The number of hydrogen-bond acceptors (Lipinski definition) is 5. The Kier molecular flexibility index (Phi) is 4.40. The molecule has 1 heterocycles. The number of aryl methyl sites for hydroxylation is 1. The molecule has 1 aromatic heterocycles. The number of carbonyl (C=O) groups excluding carboxylic acids is 1. The minimum Gasteiger partial charge on any atom is -0.508 e. The molecule has 0 unspecified atom stereocenters. The van der Waals surface area contributed by atoms with Gasteiger partial charge < -0.3 is 15.7 Å². The molecule has 5 nitrogen and oxygen atoms in total. The maximum atomic E-state index is 11.8. The molecule has 2 aromatic carbocycles. The highest BCUT2D eigenvalue weighted by atomic mass is 32.1. The molecular weight excluding hydrogens is 322 g/mol. The predicted octanol–water partition coefficient (Wildman–Crippen LogP) is 4.65. The maximum absolute atomic E-state index is 11.8.